The smallest absolute Gasteiger partial charge is 0.269 e. The summed E-state index contributed by atoms with van der Waals surface area (Å²) in [6.45, 7) is 16.9. The highest BCUT2D eigenvalue weighted by atomic mass is 16.6. The lowest BCUT2D eigenvalue weighted by Crippen LogP contribution is -2.10. The van der Waals surface area contributed by atoms with Crippen LogP contribution in [0.15, 0.2) is 24.3 Å². The molecule has 5 nitrogen and oxygen atoms in total. The molecule has 0 bridgehead atoms. The largest absolute Gasteiger partial charge is 0.391 e. The second-order valence-corrected chi connectivity index (χ2v) is 7.24. The summed E-state index contributed by atoms with van der Waals surface area (Å²) in [5.41, 5.74) is 0.820. The van der Waals surface area contributed by atoms with Gasteiger partial charge in [0.25, 0.3) is 5.69 Å². The third-order valence-electron chi connectivity index (χ3n) is 2.79. The number of unbranched alkanes of at least 4 members (excludes halogenated alkanes) is 1. The van der Waals surface area contributed by atoms with Crippen LogP contribution in [0.2, 0.25) is 0 Å². The summed E-state index contributed by atoms with van der Waals surface area (Å²) in [5.74, 6) is 0.640. The van der Waals surface area contributed by atoms with E-state index in [1.165, 1.54) is 26.7 Å². The fourth-order valence-electron chi connectivity index (χ4n) is 1.16. The number of carbonyl (C=O) groups excluding carboxylic acids is 1. The number of nitro groups is 1. The first-order valence-electron chi connectivity index (χ1n) is 9.23. The average Bonchev–Trinajstić information content (AvgIpc) is 2.52. The summed E-state index contributed by atoms with van der Waals surface area (Å²) in [6, 6.07) is 6.77. The van der Waals surface area contributed by atoms with E-state index < -0.39 is 5.60 Å². The number of carbonyl (C=O) groups is 1. The van der Waals surface area contributed by atoms with Crippen LogP contribution in [-0.4, -0.2) is 21.4 Å². The quantitative estimate of drug-likeness (QED) is 0.499. The van der Waals surface area contributed by atoms with Crippen LogP contribution < -0.4 is 0 Å². The van der Waals surface area contributed by atoms with E-state index in [1.807, 2.05) is 12.1 Å². The van der Waals surface area contributed by atoms with Gasteiger partial charge in [0.2, 0.25) is 0 Å². The fraction of sp³-hybridized carbons (Fsp3) is 0.667. The van der Waals surface area contributed by atoms with Crippen molar-refractivity contribution in [1.82, 2.24) is 0 Å². The molecular weight excluding hydrogens is 330 g/mol. The minimum absolute atomic E-state index is 0.159. The van der Waals surface area contributed by atoms with Gasteiger partial charge in [-0.05, 0) is 52.5 Å². The summed E-state index contributed by atoms with van der Waals surface area (Å²) >= 11 is 0. The van der Waals surface area contributed by atoms with Gasteiger partial charge in [0.05, 0.1) is 10.5 Å². The minimum Gasteiger partial charge on any atom is -0.391 e. The molecule has 0 saturated carbocycles. The zero-order valence-electron chi connectivity index (χ0n) is 18.1. The van der Waals surface area contributed by atoms with E-state index in [0.29, 0.717) is 5.92 Å². The van der Waals surface area contributed by atoms with Gasteiger partial charge in [-0.2, -0.15) is 0 Å². The third kappa shape index (κ3) is 27.1. The van der Waals surface area contributed by atoms with Crippen molar-refractivity contribution in [3.8, 4) is 0 Å². The summed E-state index contributed by atoms with van der Waals surface area (Å²) < 4.78 is 0. The first kappa shape index (κ1) is 29.0. The zero-order chi connectivity index (χ0) is 21.3. The van der Waals surface area contributed by atoms with E-state index >= 15 is 0 Å². The number of benzene rings is 1. The maximum atomic E-state index is 10.4. The summed E-state index contributed by atoms with van der Waals surface area (Å²) in [6.07, 6.45) is 3.69. The Morgan fingerprint density at radius 1 is 1.08 bits per heavy atom. The van der Waals surface area contributed by atoms with E-state index in [4.69, 9.17) is 5.11 Å². The Kier molecular flexibility index (Phi) is 18.7. The van der Waals surface area contributed by atoms with Gasteiger partial charge in [0.15, 0.2) is 0 Å². The van der Waals surface area contributed by atoms with Crippen LogP contribution in [0.5, 0.6) is 0 Å². The first-order valence-corrected chi connectivity index (χ1v) is 9.23. The van der Waals surface area contributed by atoms with E-state index in [2.05, 4.69) is 27.7 Å². The molecule has 1 aromatic rings. The molecule has 1 unspecified atom stereocenters. The Morgan fingerprint density at radius 2 is 1.38 bits per heavy atom. The molecule has 0 spiro atoms. The van der Waals surface area contributed by atoms with Crippen molar-refractivity contribution >= 4 is 11.5 Å². The Bertz CT molecular complexity index is 464. The number of non-ortho nitro benzene ring substituents is 1. The van der Waals surface area contributed by atoms with Crippen LogP contribution in [0, 0.1) is 10.1 Å². The highest BCUT2D eigenvalue weighted by molar-refractivity contribution is 5.72. The van der Waals surface area contributed by atoms with E-state index in [1.54, 1.807) is 32.9 Å². The number of rotatable bonds is 4. The molecule has 0 heterocycles. The molecule has 0 aliphatic rings. The number of hydrogen-bond acceptors (Lipinski definition) is 4. The highest BCUT2D eigenvalue weighted by Crippen LogP contribution is 2.21. The van der Waals surface area contributed by atoms with Crippen molar-refractivity contribution in [2.75, 3.05) is 0 Å². The Morgan fingerprint density at radius 3 is 1.58 bits per heavy atom. The maximum Gasteiger partial charge on any atom is 0.269 e. The molecule has 5 heteroatoms. The molecular formula is C21H39NO4. The van der Waals surface area contributed by atoms with Crippen LogP contribution >= 0.6 is 0 Å². The Balaban J connectivity index is -0.000000337. The summed E-state index contributed by atoms with van der Waals surface area (Å²) in [5, 5.41) is 18.9. The predicted octanol–water partition coefficient (Wildman–Crippen LogP) is 6.29. The van der Waals surface area contributed by atoms with Crippen molar-refractivity contribution in [2.45, 2.75) is 93.1 Å². The zero-order valence-corrected chi connectivity index (χ0v) is 18.1. The van der Waals surface area contributed by atoms with E-state index in [0.717, 1.165) is 12.0 Å². The molecule has 0 fully saturated rings. The second kappa shape index (κ2) is 16.7. The molecule has 1 aromatic carbocycles. The number of hydrogen-bond donors (Lipinski definition) is 1. The number of Topliss-reactive ketones (excluding diaryl/α,β-unsaturated/α-hetero) is 1. The molecule has 0 radical (unpaired) electrons. The lowest BCUT2D eigenvalue weighted by Gasteiger charge is -2.07. The molecule has 152 valence electrons. The molecule has 0 aliphatic carbocycles. The molecule has 0 aliphatic heterocycles. The molecule has 26 heavy (non-hydrogen) atoms. The van der Waals surface area contributed by atoms with E-state index in [9.17, 15) is 14.9 Å². The normalized spacial score (nSPS) is 10.7. The Labute approximate surface area is 160 Å². The molecule has 0 aromatic heterocycles. The van der Waals surface area contributed by atoms with Crippen LogP contribution in [0.3, 0.4) is 0 Å². The molecule has 1 rings (SSSR count). The van der Waals surface area contributed by atoms with Gasteiger partial charge in [-0.3, -0.25) is 10.1 Å². The van der Waals surface area contributed by atoms with Gasteiger partial charge in [0.1, 0.15) is 5.78 Å². The minimum atomic E-state index is -0.500. The Hall–Kier alpha value is -1.75. The van der Waals surface area contributed by atoms with Crippen LogP contribution in [-0.2, 0) is 4.79 Å². The van der Waals surface area contributed by atoms with Crippen molar-refractivity contribution in [3.63, 3.8) is 0 Å². The molecule has 1 atom stereocenters. The van der Waals surface area contributed by atoms with E-state index in [-0.39, 0.29) is 16.4 Å². The van der Waals surface area contributed by atoms with Crippen molar-refractivity contribution in [2.24, 2.45) is 0 Å². The van der Waals surface area contributed by atoms with Gasteiger partial charge >= 0.3 is 0 Å². The van der Waals surface area contributed by atoms with Gasteiger partial charge in [0, 0.05) is 12.1 Å². The standard InChI is InChI=1S/C10H13NO2.C4H10O.C4H10.C3H6O/c1-3-8(2)9-4-6-10(7-5-9)11(12)13;1-4(2,3)5;1-3-4-2;1-3(2)4/h4-8H,3H2,1-2H3;5H,1-3H3;3-4H2,1-2H3;1-2H3. The van der Waals surface area contributed by atoms with Gasteiger partial charge in [-0.15, -0.1) is 0 Å². The predicted molar refractivity (Wildman–Crippen MR) is 111 cm³/mol. The number of nitrogens with zero attached hydrogens (tertiary/aromatic N) is 1. The number of aliphatic hydroxyl groups is 1. The number of nitro benzene ring substituents is 1. The van der Waals surface area contributed by atoms with Crippen LogP contribution in [0.4, 0.5) is 5.69 Å². The number of ketones is 1. The topological polar surface area (TPSA) is 80.4 Å². The lowest BCUT2D eigenvalue weighted by atomic mass is 9.99. The summed E-state index contributed by atoms with van der Waals surface area (Å²) in [4.78, 5) is 19.4. The van der Waals surface area contributed by atoms with Crippen LogP contribution in [0.25, 0.3) is 0 Å². The summed E-state index contributed by atoms with van der Waals surface area (Å²) in [7, 11) is 0. The first-order chi connectivity index (χ1) is 11.8. The lowest BCUT2D eigenvalue weighted by molar-refractivity contribution is -0.384. The SMILES string of the molecule is CC(C)(C)O.CC(C)=O.CCC(C)c1ccc([N+](=O)[O-])cc1.CCCC. The fourth-order valence-corrected chi connectivity index (χ4v) is 1.16. The van der Waals surface area contributed by atoms with Gasteiger partial charge in [-0.25, -0.2) is 0 Å². The molecule has 1 N–H and O–H groups in total. The van der Waals surface area contributed by atoms with Crippen molar-refractivity contribution in [3.05, 3.63) is 39.9 Å². The molecule has 0 amide bonds. The van der Waals surface area contributed by atoms with Crippen LogP contribution in [0.1, 0.15) is 93.1 Å². The average molecular weight is 370 g/mol. The van der Waals surface area contributed by atoms with Crippen molar-refractivity contribution < 1.29 is 14.8 Å². The van der Waals surface area contributed by atoms with Gasteiger partial charge < -0.3 is 9.90 Å². The molecule has 0 saturated heterocycles. The van der Waals surface area contributed by atoms with Crippen molar-refractivity contribution in [1.29, 1.82) is 0 Å². The highest BCUT2D eigenvalue weighted by Gasteiger charge is 2.06. The third-order valence-corrected chi connectivity index (χ3v) is 2.79. The second-order valence-electron chi connectivity index (χ2n) is 7.24. The maximum absolute atomic E-state index is 10.4. The monoisotopic (exact) mass is 369 g/mol. The van der Waals surface area contributed by atoms with Gasteiger partial charge in [-0.1, -0.05) is 52.7 Å².